The zero-order valence-electron chi connectivity index (χ0n) is 7.62. The van der Waals surface area contributed by atoms with Gasteiger partial charge in [0.15, 0.2) is 0 Å². The van der Waals surface area contributed by atoms with E-state index in [1.807, 2.05) is 0 Å². The van der Waals surface area contributed by atoms with Crippen molar-refractivity contribution in [2.45, 2.75) is 0 Å². The summed E-state index contributed by atoms with van der Waals surface area (Å²) in [5.41, 5.74) is 0.474. The summed E-state index contributed by atoms with van der Waals surface area (Å²) in [7, 11) is 7.01. The van der Waals surface area contributed by atoms with Crippen LogP contribution in [-0.4, -0.2) is 12.4 Å². The largest absolute Gasteiger partial charge is 0.311 e. The molecule has 0 spiro atoms. The molecule has 0 unspecified atom stereocenters. The standard InChI is InChI=1S/C10H7BFNO/c1-13-9-5-8(12)7(11)4-6(9)2-3-10(13)14/h2-5H,1H3. The topological polar surface area (TPSA) is 22.0 Å². The second-order valence-electron chi connectivity index (χ2n) is 3.16. The molecule has 14 heavy (non-hydrogen) atoms. The number of aromatic nitrogens is 1. The molecule has 4 heteroatoms. The van der Waals surface area contributed by atoms with Gasteiger partial charge in [-0.15, -0.1) is 0 Å². The van der Waals surface area contributed by atoms with E-state index in [0.29, 0.717) is 5.52 Å². The normalized spacial score (nSPS) is 10.7. The lowest BCUT2D eigenvalue weighted by molar-refractivity contribution is 0.636. The second-order valence-corrected chi connectivity index (χ2v) is 3.16. The first-order valence-corrected chi connectivity index (χ1v) is 4.14. The van der Waals surface area contributed by atoms with Crippen molar-refractivity contribution in [3.63, 3.8) is 0 Å². The minimum atomic E-state index is -0.501. The number of nitrogens with zero attached hydrogens (tertiary/aromatic N) is 1. The maximum Gasteiger partial charge on any atom is 0.250 e. The molecule has 0 aliphatic rings. The first-order valence-electron chi connectivity index (χ1n) is 4.14. The summed E-state index contributed by atoms with van der Waals surface area (Å²) in [6.07, 6.45) is 0. The number of fused-ring (bicyclic) bond motifs is 1. The quantitative estimate of drug-likeness (QED) is 0.549. The molecule has 2 aromatic rings. The third-order valence-corrected chi connectivity index (χ3v) is 2.24. The van der Waals surface area contributed by atoms with Gasteiger partial charge >= 0.3 is 0 Å². The van der Waals surface area contributed by atoms with Crippen LogP contribution >= 0.6 is 0 Å². The van der Waals surface area contributed by atoms with Gasteiger partial charge in [0.25, 0.3) is 5.56 Å². The van der Waals surface area contributed by atoms with Crippen LogP contribution in [0.4, 0.5) is 4.39 Å². The van der Waals surface area contributed by atoms with Crippen molar-refractivity contribution in [1.29, 1.82) is 0 Å². The molecule has 2 radical (unpaired) electrons. The van der Waals surface area contributed by atoms with Crippen molar-refractivity contribution in [1.82, 2.24) is 4.57 Å². The lowest BCUT2D eigenvalue weighted by Gasteiger charge is -2.05. The monoisotopic (exact) mass is 187 g/mol. The van der Waals surface area contributed by atoms with Crippen molar-refractivity contribution in [3.05, 3.63) is 40.4 Å². The molecule has 0 aliphatic carbocycles. The molecular formula is C10H7BFNO. The summed E-state index contributed by atoms with van der Waals surface area (Å²) in [6, 6.07) is 5.85. The first-order chi connectivity index (χ1) is 6.59. The Labute approximate surface area is 81.4 Å². The van der Waals surface area contributed by atoms with Crippen LogP contribution in [0.25, 0.3) is 10.9 Å². The molecule has 0 saturated carbocycles. The van der Waals surface area contributed by atoms with Gasteiger partial charge in [-0.1, -0.05) is 11.5 Å². The fourth-order valence-corrected chi connectivity index (χ4v) is 1.41. The summed E-state index contributed by atoms with van der Waals surface area (Å²) in [5.74, 6) is -0.501. The fraction of sp³-hybridized carbons (Fsp3) is 0.100. The van der Waals surface area contributed by atoms with Gasteiger partial charge < -0.3 is 4.57 Å². The van der Waals surface area contributed by atoms with Gasteiger partial charge in [0.05, 0.1) is 5.52 Å². The van der Waals surface area contributed by atoms with Gasteiger partial charge in [0, 0.05) is 13.1 Å². The average Bonchev–Trinajstić information content (AvgIpc) is 2.15. The van der Waals surface area contributed by atoms with E-state index in [-0.39, 0.29) is 11.0 Å². The summed E-state index contributed by atoms with van der Waals surface area (Å²) in [5, 5.41) is 0.756. The van der Waals surface area contributed by atoms with Crippen LogP contribution in [0.15, 0.2) is 29.1 Å². The number of hydrogen-bond acceptors (Lipinski definition) is 1. The zero-order valence-corrected chi connectivity index (χ0v) is 7.62. The molecule has 2 nitrogen and oxygen atoms in total. The van der Waals surface area contributed by atoms with E-state index in [0.717, 1.165) is 5.39 Å². The van der Waals surface area contributed by atoms with Crippen LogP contribution in [0, 0.1) is 5.82 Å². The van der Waals surface area contributed by atoms with E-state index in [9.17, 15) is 9.18 Å². The highest BCUT2D eigenvalue weighted by Gasteiger charge is 2.03. The Bertz CT molecular complexity index is 562. The fourth-order valence-electron chi connectivity index (χ4n) is 1.41. The highest BCUT2D eigenvalue weighted by atomic mass is 19.1. The maximum absolute atomic E-state index is 13.1. The summed E-state index contributed by atoms with van der Waals surface area (Å²) >= 11 is 0. The third kappa shape index (κ3) is 1.23. The highest BCUT2D eigenvalue weighted by Crippen LogP contribution is 2.10. The number of hydrogen-bond donors (Lipinski definition) is 0. The van der Waals surface area contributed by atoms with Gasteiger partial charge in [-0.3, -0.25) is 4.79 Å². The van der Waals surface area contributed by atoms with E-state index in [4.69, 9.17) is 7.85 Å². The molecule has 0 saturated heterocycles. The second kappa shape index (κ2) is 2.98. The van der Waals surface area contributed by atoms with E-state index in [2.05, 4.69) is 0 Å². The SMILES string of the molecule is [B]c1cc2ccc(=O)n(C)c2cc1F. The minimum absolute atomic E-state index is 0.0937. The highest BCUT2D eigenvalue weighted by molar-refractivity contribution is 6.33. The number of rotatable bonds is 0. The van der Waals surface area contributed by atoms with E-state index < -0.39 is 5.82 Å². The van der Waals surface area contributed by atoms with Crippen molar-refractivity contribution in [3.8, 4) is 0 Å². The maximum atomic E-state index is 13.1. The van der Waals surface area contributed by atoms with Crippen LogP contribution in [0.1, 0.15) is 0 Å². The van der Waals surface area contributed by atoms with Crippen molar-refractivity contribution in [2.75, 3.05) is 0 Å². The molecule has 1 heterocycles. The summed E-state index contributed by atoms with van der Waals surface area (Å²) in [4.78, 5) is 11.2. The average molecular weight is 187 g/mol. The van der Waals surface area contributed by atoms with Crippen molar-refractivity contribution in [2.24, 2.45) is 7.05 Å². The third-order valence-electron chi connectivity index (χ3n) is 2.24. The molecule has 68 valence electrons. The van der Waals surface area contributed by atoms with Gasteiger partial charge in [-0.25, -0.2) is 4.39 Å². The van der Waals surface area contributed by atoms with E-state index in [1.165, 1.54) is 22.8 Å². The Balaban J connectivity index is 2.97. The van der Waals surface area contributed by atoms with Crippen LogP contribution in [0.5, 0.6) is 0 Å². The van der Waals surface area contributed by atoms with Crippen molar-refractivity contribution >= 4 is 24.2 Å². The van der Waals surface area contributed by atoms with Gasteiger partial charge in [0.1, 0.15) is 13.7 Å². The van der Waals surface area contributed by atoms with Crippen molar-refractivity contribution < 1.29 is 4.39 Å². The van der Waals surface area contributed by atoms with E-state index >= 15 is 0 Å². The molecule has 0 fully saturated rings. The van der Waals surface area contributed by atoms with Crippen LogP contribution in [0.2, 0.25) is 0 Å². The molecule has 1 aromatic heterocycles. The summed E-state index contributed by atoms with van der Waals surface area (Å²) in [6.45, 7) is 0. The number of halogens is 1. The Morgan fingerprint density at radius 3 is 2.79 bits per heavy atom. The first kappa shape index (κ1) is 9.00. The number of aryl methyl sites for hydroxylation is 1. The van der Waals surface area contributed by atoms with Gasteiger partial charge in [-0.2, -0.15) is 0 Å². The Morgan fingerprint density at radius 1 is 1.36 bits per heavy atom. The lowest BCUT2D eigenvalue weighted by atomic mass is 9.94. The molecule has 0 amide bonds. The Hall–Kier alpha value is -1.58. The zero-order chi connectivity index (χ0) is 10.3. The lowest BCUT2D eigenvalue weighted by Crippen LogP contribution is -2.17. The minimum Gasteiger partial charge on any atom is -0.311 e. The van der Waals surface area contributed by atoms with Crippen LogP contribution in [-0.2, 0) is 7.05 Å². The smallest absolute Gasteiger partial charge is 0.250 e. The van der Waals surface area contributed by atoms with Crippen LogP contribution < -0.4 is 11.0 Å². The Kier molecular flexibility index (Phi) is 1.91. The molecule has 0 aliphatic heterocycles. The predicted molar refractivity (Wildman–Crippen MR) is 54.5 cm³/mol. The van der Waals surface area contributed by atoms with Gasteiger partial charge in [0.2, 0.25) is 0 Å². The van der Waals surface area contributed by atoms with Crippen LogP contribution in [0.3, 0.4) is 0 Å². The predicted octanol–water partition coefficient (Wildman–Crippen LogP) is 0.471. The molecule has 0 N–H and O–H groups in total. The molecule has 0 bridgehead atoms. The molecular weight excluding hydrogens is 180 g/mol. The number of pyridine rings is 1. The van der Waals surface area contributed by atoms with Gasteiger partial charge in [-0.05, 0) is 17.5 Å². The Morgan fingerprint density at radius 2 is 2.07 bits per heavy atom. The number of benzene rings is 1. The molecule has 0 atom stereocenters. The summed E-state index contributed by atoms with van der Waals surface area (Å²) < 4.78 is 14.5. The van der Waals surface area contributed by atoms with E-state index in [1.54, 1.807) is 13.1 Å². The molecule has 2 rings (SSSR count). The molecule has 1 aromatic carbocycles.